The van der Waals surface area contributed by atoms with Crippen molar-refractivity contribution < 1.29 is 27.2 Å². The van der Waals surface area contributed by atoms with Gasteiger partial charge in [-0.3, -0.25) is 0 Å². The number of rotatable bonds is 6. The molecule has 0 saturated carbocycles. The van der Waals surface area contributed by atoms with Crippen molar-refractivity contribution >= 4 is 16.2 Å². The molecular formula is C23H31NO6S. The maximum atomic E-state index is 12.8. The number of aryl methyl sites for hydroxylation is 3. The number of amides is 1. The fourth-order valence-electron chi connectivity index (χ4n) is 3.25. The lowest BCUT2D eigenvalue weighted by molar-refractivity contribution is 0.0205. The molecule has 2 aromatic rings. The second kappa shape index (κ2) is 9.28. The van der Waals surface area contributed by atoms with Crippen molar-refractivity contribution in [2.24, 2.45) is 0 Å². The first-order valence-corrected chi connectivity index (χ1v) is 11.3. The molecule has 0 aliphatic heterocycles. The Morgan fingerprint density at radius 2 is 1.58 bits per heavy atom. The van der Waals surface area contributed by atoms with Crippen LogP contribution in [0.5, 0.6) is 5.75 Å². The van der Waals surface area contributed by atoms with Crippen LogP contribution < -0.4 is 4.18 Å². The number of carbonyl (C=O) groups is 1. The first-order valence-electron chi connectivity index (χ1n) is 9.94. The Balaban J connectivity index is 2.11. The minimum absolute atomic E-state index is 0.0230. The van der Waals surface area contributed by atoms with Gasteiger partial charge >= 0.3 is 16.2 Å². The molecule has 7 nitrogen and oxygen atoms in total. The fraction of sp³-hybridized carbons (Fsp3) is 0.435. The Kier molecular flexibility index (Phi) is 7.39. The molecule has 0 aromatic heterocycles. The van der Waals surface area contributed by atoms with Crippen LogP contribution in [0.2, 0.25) is 0 Å². The van der Waals surface area contributed by atoms with Crippen molar-refractivity contribution in [3.8, 4) is 5.75 Å². The number of hydrogen-bond donors (Lipinski definition) is 1. The van der Waals surface area contributed by atoms with Crippen molar-refractivity contribution in [3.63, 3.8) is 0 Å². The third kappa shape index (κ3) is 6.70. The molecule has 0 aliphatic carbocycles. The van der Waals surface area contributed by atoms with E-state index in [1.54, 1.807) is 58.9 Å². The van der Waals surface area contributed by atoms with E-state index in [4.69, 9.17) is 8.92 Å². The Hall–Kier alpha value is -2.58. The van der Waals surface area contributed by atoms with E-state index in [9.17, 15) is 18.3 Å². The highest BCUT2D eigenvalue weighted by Crippen LogP contribution is 2.27. The molecule has 0 heterocycles. The van der Waals surface area contributed by atoms with Crippen LogP contribution in [0.3, 0.4) is 0 Å². The van der Waals surface area contributed by atoms with Gasteiger partial charge in [0.1, 0.15) is 16.2 Å². The molecule has 0 aliphatic rings. The predicted molar refractivity (Wildman–Crippen MR) is 119 cm³/mol. The lowest BCUT2D eigenvalue weighted by Crippen LogP contribution is -2.36. The van der Waals surface area contributed by atoms with Crippen LogP contribution in [0.25, 0.3) is 0 Å². The normalized spacial score (nSPS) is 12.9. The monoisotopic (exact) mass is 449 g/mol. The highest BCUT2D eigenvalue weighted by Gasteiger charge is 2.24. The van der Waals surface area contributed by atoms with Crippen LogP contribution in [0.1, 0.15) is 49.1 Å². The van der Waals surface area contributed by atoms with E-state index in [-0.39, 0.29) is 17.2 Å². The molecule has 0 bridgehead atoms. The van der Waals surface area contributed by atoms with E-state index in [0.717, 1.165) is 5.56 Å². The lowest BCUT2D eigenvalue weighted by atomic mass is 10.1. The van der Waals surface area contributed by atoms with Crippen molar-refractivity contribution in [1.29, 1.82) is 0 Å². The van der Waals surface area contributed by atoms with Gasteiger partial charge in [0.15, 0.2) is 0 Å². The average Bonchev–Trinajstić information content (AvgIpc) is 2.59. The van der Waals surface area contributed by atoms with E-state index >= 15 is 0 Å². The van der Waals surface area contributed by atoms with Crippen LogP contribution >= 0.6 is 0 Å². The second-order valence-electron chi connectivity index (χ2n) is 8.71. The highest BCUT2D eigenvalue weighted by molar-refractivity contribution is 7.87. The Labute approximate surface area is 184 Å². The summed E-state index contributed by atoms with van der Waals surface area (Å²) in [5, 5.41) is 10.4. The highest BCUT2D eigenvalue weighted by atomic mass is 32.2. The topological polar surface area (TPSA) is 93.1 Å². The van der Waals surface area contributed by atoms with Gasteiger partial charge in [-0.15, -0.1) is 0 Å². The van der Waals surface area contributed by atoms with Gasteiger partial charge in [-0.1, -0.05) is 29.8 Å². The molecule has 1 N–H and O–H groups in total. The van der Waals surface area contributed by atoms with Crippen LogP contribution in [0, 0.1) is 20.8 Å². The third-order valence-corrected chi connectivity index (χ3v) is 6.03. The zero-order chi connectivity index (χ0) is 23.6. The number of benzene rings is 2. The number of carbonyl (C=O) groups excluding carboxylic acids is 1. The summed E-state index contributed by atoms with van der Waals surface area (Å²) in [5.74, 6) is 0.135. The first-order chi connectivity index (χ1) is 14.2. The molecule has 0 saturated heterocycles. The minimum Gasteiger partial charge on any atom is -0.444 e. The second-order valence-corrected chi connectivity index (χ2v) is 10.2. The summed E-state index contributed by atoms with van der Waals surface area (Å²) in [6.45, 7) is 10.7. The summed E-state index contributed by atoms with van der Waals surface area (Å²) < 4.78 is 36.1. The van der Waals surface area contributed by atoms with Crippen molar-refractivity contribution in [2.75, 3.05) is 13.6 Å². The molecule has 0 fully saturated rings. The van der Waals surface area contributed by atoms with Crippen LogP contribution in [0.4, 0.5) is 4.79 Å². The largest absolute Gasteiger partial charge is 0.444 e. The zero-order valence-corrected chi connectivity index (χ0v) is 19.9. The fourth-order valence-corrected chi connectivity index (χ4v) is 4.61. The maximum absolute atomic E-state index is 12.8. The Morgan fingerprint density at radius 3 is 2.06 bits per heavy atom. The summed E-state index contributed by atoms with van der Waals surface area (Å²) >= 11 is 0. The molecule has 31 heavy (non-hydrogen) atoms. The molecule has 2 rings (SSSR count). The maximum Gasteiger partial charge on any atom is 0.410 e. The zero-order valence-electron chi connectivity index (χ0n) is 19.1. The number of likely N-dealkylation sites (N-methyl/N-ethyl adjacent to an activating group) is 1. The summed E-state index contributed by atoms with van der Waals surface area (Å²) in [4.78, 5) is 13.5. The first kappa shape index (κ1) is 24.7. The number of ether oxygens (including phenoxy) is 1. The predicted octanol–water partition coefficient (Wildman–Crippen LogP) is 4.28. The summed E-state index contributed by atoms with van der Waals surface area (Å²) in [6, 6.07) is 9.67. The van der Waals surface area contributed by atoms with E-state index < -0.39 is 27.9 Å². The third-order valence-electron chi connectivity index (χ3n) is 4.48. The van der Waals surface area contributed by atoms with Gasteiger partial charge in [-0.05, 0) is 70.4 Å². The molecule has 1 atom stereocenters. The number of aliphatic hydroxyl groups is 1. The molecule has 1 amide bonds. The van der Waals surface area contributed by atoms with Gasteiger partial charge in [0.05, 0.1) is 12.6 Å². The Bertz CT molecular complexity index is 1020. The summed E-state index contributed by atoms with van der Waals surface area (Å²) in [7, 11) is -2.47. The lowest BCUT2D eigenvalue weighted by Gasteiger charge is -2.26. The molecule has 0 radical (unpaired) electrons. The molecule has 8 heteroatoms. The smallest absolute Gasteiger partial charge is 0.410 e. The van der Waals surface area contributed by atoms with Gasteiger partial charge in [-0.2, -0.15) is 8.42 Å². The van der Waals surface area contributed by atoms with Crippen molar-refractivity contribution in [3.05, 3.63) is 58.7 Å². The van der Waals surface area contributed by atoms with E-state index in [1.165, 1.54) is 24.1 Å². The van der Waals surface area contributed by atoms with Crippen LogP contribution in [-0.2, 0) is 14.9 Å². The molecule has 0 spiro atoms. The molecular weight excluding hydrogens is 418 g/mol. The van der Waals surface area contributed by atoms with Crippen molar-refractivity contribution in [1.82, 2.24) is 4.90 Å². The van der Waals surface area contributed by atoms with E-state index in [2.05, 4.69) is 0 Å². The van der Waals surface area contributed by atoms with Crippen molar-refractivity contribution in [2.45, 2.75) is 58.1 Å². The van der Waals surface area contributed by atoms with E-state index in [0.29, 0.717) is 16.7 Å². The summed E-state index contributed by atoms with van der Waals surface area (Å²) in [5.41, 5.74) is 2.10. The van der Waals surface area contributed by atoms with Gasteiger partial charge in [0, 0.05) is 7.05 Å². The van der Waals surface area contributed by atoms with Crippen LogP contribution in [-0.4, -0.2) is 43.7 Å². The average molecular weight is 450 g/mol. The van der Waals surface area contributed by atoms with Gasteiger partial charge in [0.2, 0.25) is 0 Å². The van der Waals surface area contributed by atoms with Gasteiger partial charge in [0.25, 0.3) is 0 Å². The minimum atomic E-state index is -4.00. The number of nitrogens with zero attached hydrogens (tertiary/aromatic N) is 1. The number of hydrogen-bond acceptors (Lipinski definition) is 6. The Morgan fingerprint density at radius 1 is 1.06 bits per heavy atom. The van der Waals surface area contributed by atoms with Crippen LogP contribution in [0.15, 0.2) is 41.3 Å². The SMILES string of the molecule is Cc1cc(C)c(S(=O)(=O)Oc2ccc(C(O)CN(C)C(=O)OC(C)(C)C)cc2)c(C)c1. The standard InChI is InChI=1S/C23H31NO6S/c1-15-12-16(2)21(17(3)13-15)31(27,28)30-19-10-8-18(9-11-19)20(25)14-24(7)22(26)29-23(4,5)6/h8-13,20,25H,14H2,1-7H3. The van der Waals surface area contributed by atoms with Gasteiger partial charge < -0.3 is 18.9 Å². The molecule has 170 valence electrons. The molecule has 2 aromatic carbocycles. The molecule has 1 unspecified atom stereocenters. The number of aliphatic hydroxyl groups excluding tert-OH is 1. The quantitative estimate of drug-likeness (QED) is 0.662. The summed E-state index contributed by atoms with van der Waals surface area (Å²) in [6.07, 6.45) is -1.51. The van der Waals surface area contributed by atoms with E-state index in [1.807, 2.05) is 6.92 Å². The van der Waals surface area contributed by atoms with Gasteiger partial charge in [-0.25, -0.2) is 4.79 Å².